The smallest absolute Gasteiger partial charge is 0.123 e. The van der Waals surface area contributed by atoms with Crippen molar-refractivity contribution in [2.75, 3.05) is 7.05 Å². The van der Waals surface area contributed by atoms with Crippen LogP contribution in [0.3, 0.4) is 0 Å². The molecule has 2 atom stereocenters. The molecule has 1 rings (SSSR count). The van der Waals surface area contributed by atoms with Gasteiger partial charge in [0.15, 0.2) is 0 Å². The van der Waals surface area contributed by atoms with Crippen molar-refractivity contribution in [1.82, 2.24) is 5.32 Å². The zero-order valence-electron chi connectivity index (χ0n) is 11.5. The summed E-state index contributed by atoms with van der Waals surface area (Å²) in [5.41, 5.74) is 1.46. The molecule has 0 amide bonds. The molecule has 1 N–H and O–H groups in total. The fraction of sp³-hybridized carbons (Fsp3) is 0.600. The van der Waals surface area contributed by atoms with Crippen LogP contribution in [0.25, 0.3) is 0 Å². The van der Waals surface area contributed by atoms with Gasteiger partial charge in [-0.05, 0) is 42.5 Å². The van der Waals surface area contributed by atoms with Crippen LogP contribution < -0.4 is 5.32 Å². The minimum atomic E-state index is -0.174. The Kier molecular flexibility index (Phi) is 4.70. The van der Waals surface area contributed by atoms with E-state index in [4.69, 9.17) is 0 Å². The number of rotatable bonds is 4. The highest BCUT2D eigenvalue weighted by Crippen LogP contribution is 2.33. The van der Waals surface area contributed by atoms with Crippen molar-refractivity contribution in [2.45, 2.75) is 40.2 Å². The van der Waals surface area contributed by atoms with E-state index < -0.39 is 0 Å². The van der Waals surface area contributed by atoms with Crippen molar-refractivity contribution < 1.29 is 4.39 Å². The molecule has 0 aliphatic heterocycles. The fourth-order valence-corrected chi connectivity index (χ4v) is 1.82. The molecule has 0 heterocycles. The minimum Gasteiger partial charge on any atom is -0.313 e. The summed E-state index contributed by atoms with van der Waals surface area (Å²) in [5, 5.41) is 3.32. The molecule has 0 aliphatic carbocycles. The van der Waals surface area contributed by atoms with Crippen molar-refractivity contribution in [3.63, 3.8) is 0 Å². The van der Waals surface area contributed by atoms with E-state index in [0.717, 1.165) is 12.0 Å². The van der Waals surface area contributed by atoms with Gasteiger partial charge in [-0.15, -0.1) is 0 Å². The Hall–Kier alpha value is -0.890. The van der Waals surface area contributed by atoms with Crippen LogP contribution >= 0.6 is 0 Å². The molecule has 96 valence electrons. The van der Waals surface area contributed by atoms with E-state index in [0.29, 0.717) is 17.4 Å². The van der Waals surface area contributed by atoms with Crippen LogP contribution in [0.1, 0.15) is 45.7 Å². The van der Waals surface area contributed by atoms with Gasteiger partial charge in [-0.2, -0.15) is 0 Å². The molecule has 0 bridgehead atoms. The summed E-state index contributed by atoms with van der Waals surface area (Å²) in [5.74, 6) is 0.428. The Bertz CT molecular complexity index is 337. The predicted octanol–water partition coefficient (Wildman–Crippen LogP) is 4.16. The molecule has 2 unspecified atom stereocenters. The number of hydrogen-bond acceptors (Lipinski definition) is 1. The topological polar surface area (TPSA) is 12.0 Å². The summed E-state index contributed by atoms with van der Waals surface area (Å²) < 4.78 is 12.9. The molecule has 0 aromatic heterocycles. The summed E-state index contributed by atoms with van der Waals surface area (Å²) in [7, 11) is 1.96. The first-order valence-corrected chi connectivity index (χ1v) is 6.27. The highest BCUT2D eigenvalue weighted by atomic mass is 19.1. The van der Waals surface area contributed by atoms with E-state index in [1.807, 2.05) is 19.2 Å². The van der Waals surface area contributed by atoms with Gasteiger partial charge >= 0.3 is 0 Å². The lowest BCUT2D eigenvalue weighted by molar-refractivity contribution is 0.226. The summed E-state index contributed by atoms with van der Waals surface area (Å²) in [6.45, 7) is 9.05. The molecule has 0 fully saturated rings. The number of nitrogens with one attached hydrogen (secondary N) is 1. The Morgan fingerprint density at radius 2 is 1.71 bits per heavy atom. The van der Waals surface area contributed by atoms with E-state index >= 15 is 0 Å². The molecular formula is C15H24FN. The first-order valence-electron chi connectivity index (χ1n) is 6.27. The van der Waals surface area contributed by atoms with E-state index in [-0.39, 0.29) is 5.82 Å². The van der Waals surface area contributed by atoms with Crippen LogP contribution in [-0.4, -0.2) is 7.05 Å². The Morgan fingerprint density at radius 1 is 1.18 bits per heavy atom. The van der Waals surface area contributed by atoms with Gasteiger partial charge in [0.1, 0.15) is 5.82 Å². The lowest BCUT2D eigenvalue weighted by Crippen LogP contribution is -2.25. The fourth-order valence-electron chi connectivity index (χ4n) is 1.82. The highest BCUT2D eigenvalue weighted by molar-refractivity contribution is 5.20. The number of benzene rings is 1. The van der Waals surface area contributed by atoms with Crippen molar-refractivity contribution in [3.05, 3.63) is 35.6 Å². The van der Waals surface area contributed by atoms with Gasteiger partial charge in [-0.25, -0.2) is 4.39 Å². The first-order chi connectivity index (χ1) is 7.84. The predicted molar refractivity (Wildman–Crippen MR) is 71.4 cm³/mol. The van der Waals surface area contributed by atoms with Gasteiger partial charge in [0.25, 0.3) is 0 Å². The lowest BCUT2D eigenvalue weighted by Gasteiger charge is -2.31. The van der Waals surface area contributed by atoms with Crippen LogP contribution in [-0.2, 0) is 0 Å². The molecule has 0 radical (unpaired) electrons. The maximum atomic E-state index is 12.9. The van der Waals surface area contributed by atoms with Crippen molar-refractivity contribution >= 4 is 0 Å². The molecule has 1 aromatic carbocycles. The van der Waals surface area contributed by atoms with Crippen LogP contribution in [0.15, 0.2) is 24.3 Å². The quantitative estimate of drug-likeness (QED) is 0.829. The molecule has 0 saturated heterocycles. The maximum absolute atomic E-state index is 12.9. The van der Waals surface area contributed by atoms with Crippen LogP contribution in [0, 0.1) is 17.2 Å². The Labute approximate surface area is 104 Å². The molecule has 0 spiro atoms. The van der Waals surface area contributed by atoms with Gasteiger partial charge in [0.2, 0.25) is 0 Å². The zero-order valence-corrected chi connectivity index (χ0v) is 11.5. The molecule has 17 heavy (non-hydrogen) atoms. The third-order valence-electron chi connectivity index (χ3n) is 3.69. The summed E-state index contributed by atoms with van der Waals surface area (Å²) in [6.07, 6.45) is 1.06. The van der Waals surface area contributed by atoms with E-state index in [2.05, 4.69) is 33.0 Å². The first kappa shape index (κ1) is 14.2. The summed E-state index contributed by atoms with van der Waals surface area (Å²) >= 11 is 0. The maximum Gasteiger partial charge on any atom is 0.123 e. The van der Waals surface area contributed by atoms with Crippen LogP contribution in [0.4, 0.5) is 4.39 Å². The van der Waals surface area contributed by atoms with E-state index in [9.17, 15) is 4.39 Å². The SMILES string of the molecule is CNC(CC(C)C(C)(C)C)c1ccc(F)cc1. The number of halogens is 1. The molecule has 1 nitrogen and oxygen atoms in total. The van der Waals surface area contributed by atoms with Gasteiger partial charge in [-0.3, -0.25) is 0 Å². The van der Waals surface area contributed by atoms with Gasteiger partial charge in [0, 0.05) is 6.04 Å². The van der Waals surface area contributed by atoms with Crippen LogP contribution in [0.2, 0.25) is 0 Å². The minimum absolute atomic E-state index is 0.174. The standard InChI is InChI=1S/C15H24FN/c1-11(15(2,3)4)10-14(17-5)12-6-8-13(16)9-7-12/h6-9,11,14,17H,10H2,1-5H3. The third-order valence-corrected chi connectivity index (χ3v) is 3.69. The molecule has 0 aliphatic rings. The largest absolute Gasteiger partial charge is 0.313 e. The molecule has 0 saturated carbocycles. The van der Waals surface area contributed by atoms with E-state index in [1.54, 1.807) is 0 Å². The van der Waals surface area contributed by atoms with Gasteiger partial charge in [-0.1, -0.05) is 39.8 Å². The normalized spacial score (nSPS) is 15.6. The number of hydrogen-bond donors (Lipinski definition) is 1. The summed E-state index contributed by atoms with van der Waals surface area (Å²) in [4.78, 5) is 0. The average molecular weight is 237 g/mol. The second-order valence-electron chi connectivity index (χ2n) is 5.90. The van der Waals surface area contributed by atoms with Crippen LogP contribution in [0.5, 0.6) is 0 Å². The van der Waals surface area contributed by atoms with Crippen molar-refractivity contribution in [1.29, 1.82) is 0 Å². The molecule has 2 heteroatoms. The Morgan fingerprint density at radius 3 is 2.12 bits per heavy atom. The van der Waals surface area contributed by atoms with Crippen molar-refractivity contribution in [3.8, 4) is 0 Å². The highest BCUT2D eigenvalue weighted by Gasteiger charge is 2.23. The second kappa shape index (κ2) is 5.63. The summed E-state index contributed by atoms with van der Waals surface area (Å²) in [6, 6.07) is 7.09. The second-order valence-corrected chi connectivity index (χ2v) is 5.90. The molecular weight excluding hydrogens is 213 g/mol. The molecule has 1 aromatic rings. The van der Waals surface area contributed by atoms with Gasteiger partial charge in [0.05, 0.1) is 0 Å². The average Bonchev–Trinajstić information content (AvgIpc) is 2.25. The monoisotopic (exact) mass is 237 g/mol. The van der Waals surface area contributed by atoms with Crippen molar-refractivity contribution in [2.24, 2.45) is 11.3 Å². The zero-order chi connectivity index (χ0) is 13.1. The van der Waals surface area contributed by atoms with E-state index in [1.165, 1.54) is 12.1 Å². The van der Waals surface area contributed by atoms with Gasteiger partial charge < -0.3 is 5.32 Å². The Balaban J connectivity index is 2.75. The third kappa shape index (κ3) is 4.12. The lowest BCUT2D eigenvalue weighted by atomic mass is 9.77.